The van der Waals surface area contributed by atoms with Crippen molar-refractivity contribution in [3.63, 3.8) is 0 Å². The summed E-state index contributed by atoms with van der Waals surface area (Å²) in [6, 6.07) is 5.21. The molecule has 1 fully saturated rings. The lowest BCUT2D eigenvalue weighted by molar-refractivity contribution is -0.133. The van der Waals surface area contributed by atoms with Crippen LogP contribution in [0.15, 0.2) is 18.2 Å². The summed E-state index contributed by atoms with van der Waals surface area (Å²) < 4.78 is 31.5. The van der Waals surface area contributed by atoms with Crippen LogP contribution in [0.1, 0.15) is 18.4 Å². The molecule has 0 atom stereocenters. The highest BCUT2D eigenvalue weighted by Gasteiger charge is 2.35. The molecule has 0 spiro atoms. The quantitative estimate of drug-likeness (QED) is 0.869. The average Bonchev–Trinajstić information content (AvgIpc) is 3.29. The number of nitrogens with one attached hydrogen (secondary N) is 1. The lowest BCUT2D eigenvalue weighted by atomic mass is 10.2. The Hall–Kier alpha value is -1.31. The van der Waals surface area contributed by atoms with Gasteiger partial charge in [0.15, 0.2) is 6.61 Å². The van der Waals surface area contributed by atoms with Gasteiger partial charge in [-0.25, -0.2) is 13.1 Å². The van der Waals surface area contributed by atoms with Crippen LogP contribution in [0.5, 0.6) is 5.75 Å². The molecule has 0 aromatic heterocycles. The molecule has 8 heteroatoms. The van der Waals surface area contributed by atoms with Crippen molar-refractivity contribution < 1.29 is 17.9 Å². The van der Waals surface area contributed by atoms with Gasteiger partial charge in [0.2, 0.25) is 10.0 Å². The zero-order chi connectivity index (χ0) is 15.7. The molecule has 0 bridgehead atoms. The first-order valence-corrected chi connectivity index (χ1v) is 9.05. The van der Waals surface area contributed by atoms with E-state index in [-0.39, 0.29) is 24.3 Å². The van der Waals surface area contributed by atoms with Crippen molar-refractivity contribution in [3.05, 3.63) is 28.8 Å². The van der Waals surface area contributed by atoms with Crippen molar-refractivity contribution in [3.8, 4) is 5.75 Å². The largest absolute Gasteiger partial charge is 0.483 e. The molecule has 1 aliphatic carbocycles. The first kappa shape index (κ1) is 15.6. The van der Waals surface area contributed by atoms with Gasteiger partial charge in [-0.3, -0.25) is 4.79 Å². The third-order valence-corrected chi connectivity index (χ3v) is 5.93. The highest BCUT2D eigenvalue weighted by molar-refractivity contribution is 7.90. The molecule has 1 aromatic rings. The Morgan fingerprint density at radius 2 is 2.14 bits per heavy atom. The second-order valence-electron chi connectivity index (χ2n) is 5.49. The van der Waals surface area contributed by atoms with E-state index in [1.54, 1.807) is 23.1 Å². The summed E-state index contributed by atoms with van der Waals surface area (Å²) in [6.45, 7) is 0.824. The monoisotopic (exact) mass is 344 g/mol. The molecule has 3 rings (SSSR count). The standard InChI is InChI=1S/C14H17ClN2O4S/c15-11-1-4-13-10(7-11)8-17(14(18)9-21-13)6-5-16-22(19,20)12-2-3-12/h1,4,7,12,16H,2-3,5-6,8-9H2. The zero-order valence-corrected chi connectivity index (χ0v) is 13.5. The number of amides is 1. The van der Waals surface area contributed by atoms with Crippen molar-refractivity contribution in [2.75, 3.05) is 19.7 Å². The Bertz CT molecular complexity index is 688. The summed E-state index contributed by atoms with van der Waals surface area (Å²) in [5.74, 6) is 0.469. The Kier molecular flexibility index (Phi) is 4.29. The van der Waals surface area contributed by atoms with Gasteiger partial charge in [0.1, 0.15) is 5.75 Å². The van der Waals surface area contributed by atoms with E-state index >= 15 is 0 Å². The van der Waals surface area contributed by atoms with Gasteiger partial charge in [-0.05, 0) is 31.0 Å². The first-order valence-electron chi connectivity index (χ1n) is 7.13. The van der Waals surface area contributed by atoms with Crippen molar-refractivity contribution >= 4 is 27.5 Å². The topological polar surface area (TPSA) is 75.7 Å². The Balaban J connectivity index is 1.63. The molecular formula is C14H17ClN2O4S. The number of rotatable bonds is 5. The molecule has 1 amide bonds. The van der Waals surface area contributed by atoms with Crippen LogP contribution >= 0.6 is 11.6 Å². The smallest absolute Gasteiger partial charge is 0.260 e. The molecule has 6 nitrogen and oxygen atoms in total. The molecule has 1 aromatic carbocycles. The van der Waals surface area contributed by atoms with Crippen molar-refractivity contribution in [1.82, 2.24) is 9.62 Å². The maximum atomic E-state index is 12.1. The maximum absolute atomic E-state index is 12.1. The van der Waals surface area contributed by atoms with Crippen LogP contribution in [-0.2, 0) is 21.4 Å². The van der Waals surface area contributed by atoms with Crippen LogP contribution in [0.4, 0.5) is 0 Å². The normalized spacial score (nSPS) is 18.6. The SMILES string of the molecule is O=C1COc2ccc(Cl)cc2CN1CCNS(=O)(=O)C1CC1. The van der Waals surface area contributed by atoms with Crippen LogP contribution < -0.4 is 9.46 Å². The molecular weight excluding hydrogens is 328 g/mol. The van der Waals surface area contributed by atoms with E-state index in [1.165, 1.54) is 0 Å². The third-order valence-electron chi connectivity index (χ3n) is 3.74. The molecule has 0 unspecified atom stereocenters. The number of carbonyl (C=O) groups is 1. The Morgan fingerprint density at radius 1 is 1.36 bits per heavy atom. The summed E-state index contributed by atoms with van der Waals surface area (Å²) in [6.07, 6.45) is 1.44. The second-order valence-corrected chi connectivity index (χ2v) is 7.98. The van der Waals surface area contributed by atoms with Gasteiger partial charge in [-0.1, -0.05) is 11.6 Å². The average molecular weight is 345 g/mol. The Labute approximate surface area is 134 Å². The molecule has 1 saturated carbocycles. The van der Waals surface area contributed by atoms with E-state index < -0.39 is 10.0 Å². The van der Waals surface area contributed by atoms with Gasteiger partial charge >= 0.3 is 0 Å². The molecule has 22 heavy (non-hydrogen) atoms. The fourth-order valence-electron chi connectivity index (χ4n) is 2.36. The van der Waals surface area contributed by atoms with Gasteiger partial charge in [0, 0.05) is 30.2 Å². The van der Waals surface area contributed by atoms with Gasteiger partial charge in [0.25, 0.3) is 5.91 Å². The summed E-state index contributed by atoms with van der Waals surface area (Å²) in [5, 5.41) is 0.321. The van der Waals surface area contributed by atoms with E-state index in [2.05, 4.69) is 4.72 Å². The van der Waals surface area contributed by atoms with Crippen LogP contribution in [0, 0.1) is 0 Å². The molecule has 1 N–H and O–H groups in total. The lowest BCUT2D eigenvalue weighted by Crippen LogP contribution is -2.39. The van der Waals surface area contributed by atoms with E-state index in [0.29, 0.717) is 23.9 Å². The number of nitrogens with zero attached hydrogens (tertiary/aromatic N) is 1. The van der Waals surface area contributed by atoms with E-state index in [1.807, 2.05) is 0 Å². The number of hydrogen-bond acceptors (Lipinski definition) is 4. The number of carbonyl (C=O) groups excluding carboxylic acids is 1. The van der Waals surface area contributed by atoms with Gasteiger partial charge in [-0.2, -0.15) is 0 Å². The number of halogens is 1. The van der Waals surface area contributed by atoms with E-state index in [0.717, 1.165) is 18.4 Å². The minimum Gasteiger partial charge on any atom is -0.483 e. The number of benzene rings is 1. The van der Waals surface area contributed by atoms with Crippen LogP contribution in [0.3, 0.4) is 0 Å². The maximum Gasteiger partial charge on any atom is 0.260 e. The number of hydrogen-bond donors (Lipinski definition) is 1. The summed E-state index contributed by atoms with van der Waals surface area (Å²) in [4.78, 5) is 13.6. The van der Waals surface area contributed by atoms with Crippen LogP contribution in [0.2, 0.25) is 5.02 Å². The van der Waals surface area contributed by atoms with Gasteiger partial charge in [0.05, 0.1) is 5.25 Å². The molecule has 2 aliphatic rings. The zero-order valence-electron chi connectivity index (χ0n) is 11.9. The highest BCUT2D eigenvalue weighted by atomic mass is 35.5. The van der Waals surface area contributed by atoms with Crippen molar-refractivity contribution in [1.29, 1.82) is 0 Å². The number of ether oxygens (including phenoxy) is 1. The van der Waals surface area contributed by atoms with E-state index in [4.69, 9.17) is 16.3 Å². The molecule has 1 heterocycles. The minimum atomic E-state index is -3.22. The third kappa shape index (κ3) is 3.53. The predicted octanol–water partition coefficient (Wildman–Crippen LogP) is 1.14. The van der Waals surface area contributed by atoms with Crippen molar-refractivity contribution in [2.24, 2.45) is 0 Å². The second kappa shape index (κ2) is 6.06. The van der Waals surface area contributed by atoms with Crippen molar-refractivity contribution in [2.45, 2.75) is 24.6 Å². The summed E-state index contributed by atoms with van der Waals surface area (Å²) in [7, 11) is -3.22. The summed E-state index contributed by atoms with van der Waals surface area (Å²) in [5.41, 5.74) is 0.823. The van der Waals surface area contributed by atoms with Gasteiger partial charge < -0.3 is 9.64 Å². The minimum absolute atomic E-state index is 0.0516. The Morgan fingerprint density at radius 3 is 2.86 bits per heavy atom. The first-order chi connectivity index (χ1) is 10.5. The fourth-order valence-corrected chi connectivity index (χ4v) is 3.92. The molecule has 0 saturated heterocycles. The molecule has 120 valence electrons. The number of fused-ring (bicyclic) bond motifs is 1. The van der Waals surface area contributed by atoms with E-state index in [9.17, 15) is 13.2 Å². The highest BCUT2D eigenvalue weighted by Crippen LogP contribution is 2.28. The van der Waals surface area contributed by atoms with Crippen LogP contribution in [0.25, 0.3) is 0 Å². The molecule has 1 aliphatic heterocycles. The predicted molar refractivity (Wildman–Crippen MR) is 82.3 cm³/mol. The van der Waals surface area contributed by atoms with Gasteiger partial charge in [-0.15, -0.1) is 0 Å². The fraction of sp³-hybridized carbons (Fsp3) is 0.500. The number of sulfonamides is 1. The molecule has 0 radical (unpaired) electrons. The van der Waals surface area contributed by atoms with Crippen LogP contribution in [-0.4, -0.2) is 44.2 Å². The summed E-state index contributed by atoms with van der Waals surface area (Å²) >= 11 is 5.97. The lowest BCUT2D eigenvalue weighted by Gasteiger charge is -2.20.